The lowest BCUT2D eigenvalue weighted by Crippen LogP contribution is -2.70. The van der Waals surface area contributed by atoms with E-state index in [4.69, 9.17) is 5.73 Å². The van der Waals surface area contributed by atoms with Gasteiger partial charge in [-0.3, -0.25) is 14.5 Å². The monoisotopic (exact) mass is 503 g/mol. The number of imide groups is 1. The zero-order valence-corrected chi connectivity index (χ0v) is 21.0. The van der Waals surface area contributed by atoms with Crippen LogP contribution in [0, 0.1) is 18.7 Å². The van der Waals surface area contributed by atoms with Crippen molar-refractivity contribution in [1.82, 2.24) is 15.2 Å². The number of urea groups is 1. The molecule has 2 heterocycles. The maximum absolute atomic E-state index is 14.2. The van der Waals surface area contributed by atoms with E-state index >= 15 is 0 Å². The van der Waals surface area contributed by atoms with Gasteiger partial charge in [-0.25, -0.2) is 14.2 Å². The van der Waals surface area contributed by atoms with E-state index in [1.54, 1.807) is 62.5 Å². The van der Waals surface area contributed by atoms with Gasteiger partial charge in [-0.2, -0.15) is 0 Å². The van der Waals surface area contributed by atoms with Crippen molar-refractivity contribution < 1.29 is 18.8 Å². The van der Waals surface area contributed by atoms with Crippen molar-refractivity contribution in [2.45, 2.75) is 38.8 Å². The van der Waals surface area contributed by atoms with E-state index in [2.05, 4.69) is 10.3 Å². The predicted octanol–water partition coefficient (Wildman–Crippen LogP) is 4.00. The Bertz CT molecular complexity index is 1320. The van der Waals surface area contributed by atoms with Crippen LogP contribution in [-0.2, 0) is 16.0 Å². The number of pyridine rings is 1. The molecule has 4 rings (SSSR count). The predicted molar refractivity (Wildman–Crippen MR) is 139 cm³/mol. The van der Waals surface area contributed by atoms with Gasteiger partial charge < -0.3 is 16.0 Å². The fourth-order valence-corrected chi connectivity index (χ4v) is 4.57. The van der Waals surface area contributed by atoms with Gasteiger partial charge in [0.15, 0.2) is 0 Å². The minimum Gasteiger partial charge on any atom is -0.384 e. The van der Waals surface area contributed by atoms with Crippen molar-refractivity contribution in [3.63, 3.8) is 0 Å². The van der Waals surface area contributed by atoms with E-state index in [1.807, 2.05) is 13.0 Å². The minimum absolute atomic E-state index is 0.231. The van der Waals surface area contributed by atoms with E-state index in [0.29, 0.717) is 29.1 Å². The quantitative estimate of drug-likeness (QED) is 0.474. The van der Waals surface area contributed by atoms with Crippen molar-refractivity contribution >= 4 is 29.4 Å². The number of likely N-dealkylation sites (tertiary alicyclic amines) is 1. The summed E-state index contributed by atoms with van der Waals surface area (Å²) in [6.07, 6.45) is 2.24. The smallest absolute Gasteiger partial charge is 0.325 e. The average Bonchev–Trinajstić information content (AvgIpc) is 2.90. The van der Waals surface area contributed by atoms with Crippen molar-refractivity contribution in [3.05, 3.63) is 89.4 Å². The molecule has 8 nitrogen and oxygen atoms in total. The first kappa shape index (κ1) is 25.8. The number of aromatic nitrogens is 1. The van der Waals surface area contributed by atoms with Crippen LogP contribution in [0.5, 0.6) is 0 Å². The maximum atomic E-state index is 14.2. The molecule has 1 saturated heterocycles. The molecule has 3 N–H and O–H groups in total. The molecule has 0 unspecified atom stereocenters. The summed E-state index contributed by atoms with van der Waals surface area (Å²) in [5, 5.41) is 2.82. The molecule has 0 spiro atoms. The molecule has 1 fully saturated rings. The number of nitrogens with zero attached hydrogens (tertiary/aromatic N) is 3. The summed E-state index contributed by atoms with van der Waals surface area (Å²) in [6.45, 7) is 3.51. The molecule has 4 amide bonds. The highest BCUT2D eigenvalue weighted by atomic mass is 19.1. The number of hydrogen-bond donors (Lipinski definition) is 2. The number of likely N-dealkylation sites (N-methyl/N-ethyl adjacent to an activating group) is 1. The number of aryl methyl sites for hydroxylation is 1. The summed E-state index contributed by atoms with van der Waals surface area (Å²) in [5.41, 5.74) is 8.26. The maximum Gasteiger partial charge on any atom is 0.325 e. The van der Waals surface area contributed by atoms with Gasteiger partial charge in [0.05, 0.1) is 12.0 Å². The fraction of sp³-hybridized carbons (Fsp3) is 0.286. The van der Waals surface area contributed by atoms with Crippen molar-refractivity contribution in [3.8, 4) is 0 Å². The van der Waals surface area contributed by atoms with Crippen LogP contribution in [0.25, 0.3) is 0 Å². The second-order valence-corrected chi connectivity index (χ2v) is 9.20. The molecule has 3 atom stereocenters. The van der Waals surface area contributed by atoms with E-state index in [-0.39, 0.29) is 18.1 Å². The molecule has 1 aliphatic heterocycles. The number of para-hydroxylation sites is 1. The first-order valence-corrected chi connectivity index (χ1v) is 12.1. The summed E-state index contributed by atoms with van der Waals surface area (Å²) >= 11 is 0. The van der Waals surface area contributed by atoms with E-state index < -0.39 is 29.9 Å². The van der Waals surface area contributed by atoms with E-state index in [0.717, 1.165) is 10.5 Å². The van der Waals surface area contributed by atoms with Crippen LogP contribution in [0.3, 0.4) is 0 Å². The molecular weight excluding hydrogens is 473 g/mol. The van der Waals surface area contributed by atoms with Crippen LogP contribution >= 0.6 is 0 Å². The number of nitrogen functional groups attached to an aromatic ring is 1. The zero-order valence-electron chi connectivity index (χ0n) is 21.0. The number of β-lactam (4-membered cyclic amide) rings is 1. The molecular formula is C28H30FN5O3. The van der Waals surface area contributed by atoms with Gasteiger partial charge in [0.25, 0.3) is 5.91 Å². The number of anilines is 2. The van der Waals surface area contributed by atoms with Gasteiger partial charge in [-0.1, -0.05) is 37.3 Å². The van der Waals surface area contributed by atoms with Crippen molar-refractivity contribution in [2.75, 3.05) is 17.7 Å². The summed E-state index contributed by atoms with van der Waals surface area (Å²) in [7, 11) is 1.61. The lowest BCUT2D eigenvalue weighted by Gasteiger charge is -2.46. The summed E-state index contributed by atoms with van der Waals surface area (Å²) in [4.78, 5) is 46.6. The minimum atomic E-state index is -1.01. The third kappa shape index (κ3) is 5.30. The van der Waals surface area contributed by atoms with Crippen LogP contribution in [0.15, 0.2) is 66.9 Å². The molecule has 1 aliphatic rings. The van der Waals surface area contributed by atoms with Gasteiger partial charge in [0, 0.05) is 18.9 Å². The van der Waals surface area contributed by atoms with Gasteiger partial charge in [-0.05, 0) is 66.8 Å². The number of carbonyl (C=O) groups excluding carboxylic acids is 3. The highest BCUT2D eigenvalue weighted by Gasteiger charge is 2.55. The molecule has 0 saturated carbocycles. The number of rotatable bonds is 7. The molecule has 37 heavy (non-hydrogen) atoms. The summed E-state index contributed by atoms with van der Waals surface area (Å²) < 4.78 is 14.2. The first-order valence-electron chi connectivity index (χ1n) is 12.1. The largest absolute Gasteiger partial charge is 0.384 e. The van der Waals surface area contributed by atoms with Gasteiger partial charge >= 0.3 is 6.03 Å². The molecule has 3 aromatic rings. The molecule has 192 valence electrons. The molecule has 1 aromatic heterocycles. The highest BCUT2D eigenvalue weighted by Crippen LogP contribution is 2.33. The van der Waals surface area contributed by atoms with Crippen LogP contribution in [0.1, 0.15) is 36.1 Å². The number of hydrogen-bond acceptors (Lipinski definition) is 5. The Morgan fingerprint density at radius 1 is 1.16 bits per heavy atom. The van der Waals surface area contributed by atoms with Crippen molar-refractivity contribution in [1.29, 1.82) is 0 Å². The molecule has 0 bridgehead atoms. The highest BCUT2D eigenvalue weighted by molar-refractivity contribution is 6.12. The Balaban J connectivity index is 1.60. The third-order valence-electron chi connectivity index (χ3n) is 6.77. The zero-order chi connectivity index (χ0) is 26.7. The van der Waals surface area contributed by atoms with Crippen LogP contribution in [0.4, 0.5) is 20.7 Å². The lowest BCUT2D eigenvalue weighted by atomic mass is 9.81. The Morgan fingerprint density at radius 3 is 2.54 bits per heavy atom. The Kier molecular flexibility index (Phi) is 7.52. The standard InChI is InChI=1S/C28H30FN5O3/c1-4-23(19-11-10-17(2)22(29)16-19)32-28(37)34-25(27(36)33(3)20-8-6-5-7-9-20)21(26(34)35)14-18-12-13-31-24(30)15-18/h5-13,15-16,21,23,25H,4,14H2,1-3H3,(H2,30,31)(H,32,37)/t21-,23-,25+/m1/s1. The Labute approximate surface area is 215 Å². The molecule has 0 aliphatic carbocycles. The molecule has 2 aromatic carbocycles. The Morgan fingerprint density at radius 2 is 1.89 bits per heavy atom. The second-order valence-electron chi connectivity index (χ2n) is 9.20. The number of benzene rings is 2. The first-order chi connectivity index (χ1) is 17.7. The Hall–Kier alpha value is -4.27. The van der Waals surface area contributed by atoms with Crippen molar-refractivity contribution in [2.24, 2.45) is 5.92 Å². The summed E-state index contributed by atoms with van der Waals surface area (Å²) in [6, 6.07) is 14.9. The molecule has 9 heteroatoms. The van der Waals surface area contributed by atoms with Crippen LogP contribution < -0.4 is 16.0 Å². The normalized spacial score (nSPS) is 17.6. The number of nitrogens with two attached hydrogens (primary N) is 1. The number of nitrogens with one attached hydrogen (secondary N) is 1. The van der Waals surface area contributed by atoms with Gasteiger partial charge in [0.1, 0.15) is 17.7 Å². The van der Waals surface area contributed by atoms with E-state index in [1.165, 1.54) is 17.2 Å². The summed E-state index contributed by atoms with van der Waals surface area (Å²) in [5.74, 6) is -1.66. The second kappa shape index (κ2) is 10.8. The van der Waals surface area contributed by atoms with Crippen LogP contribution in [-0.4, -0.2) is 40.8 Å². The lowest BCUT2D eigenvalue weighted by molar-refractivity contribution is -0.156. The van der Waals surface area contributed by atoms with Gasteiger partial charge in [-0.15, -0.1) is 0 Å². The topological polar surface area (TPSA) is 109 Å². The number of halogens is 1. The third-order valence-corrected chi connectivity index (χ3v) is 6.77. The van der Waals surface area contributed by atoms with Crippen LogP contribution in [0.2, 0.25) is 0 Å². The number of carbonyl (C=O) groups is 3. The average molecular weight is 504 g/mol. The van der Waals surface area contributed by atoms with Gasteiger partial charge in [0.2, 0.25) is 5.91 Å². The fourth-order valence-electron chi connectivity index (χ4n) is 4.57. The van der Waals surface area contributed by atoms with E-state index in [9.17, 15) is 18.8 Å². The molecule has 0 radical (unpaired) electrons. The SMILES string of the molecule is CC[C@@H](NC(=O)N1C(=O)[C@H](Cc2ccnc(N)c2)[C@H]1C(=O)N(C)c1ccccc1)c1ccc(C)c(F)c1. The number of amides is 4.